The molecular formula is C18H12N4O6. The average molecular weight is 380 g/mol. The minimum Gasteiger partial charge on any atom is -0.493 e. The van der Waals surface area contributed by atoms with E-state index in [-0.39, 0.29) is 28.9 Å². The van der Waals surface area contributed by atoms with Crippen molar-refractivity contribution in [2.24, 2.45) is 0 Å². The lowest BCUT2D eigenvalue weighted by Gasteiger charge is -2.01. The number of nitro benzene ring substituents is 1. The molecule has 0 bridgehead atoms. The zero-order valence-electron chi connectivity index (χ0n) is 14.4. The van der Waals surface area contributed by atoms with Crippen LogP contribution in [0.1, 0.15) is 10.4 Å². The minimum absolute atomic E-state index is 0.0381. The van der Waals surface area contributed by atoms with Crippen LogP contribution in [-0.2, 0) is 0 Å². The molecular weight excluding hydrogens is 368 g/mol. The number of aromatic nitrogens is 2. The summed E-state index contributed by atoms with van der Waals surface area (Å²) in [5, 5.41) is 21.8. The van der Waals surface area contributed by atoms with Crippen molar-refractivity contribution in [3.8, 4) is 17.4 Å². The second kappa shape index (κ2) is 6.83. The number of amides is 1. The molecule has 0 atom stereocenters. The molecule has 4 rings (SSSR count). The van der Waals surface area contributed by atoms with Crippen LogP contribution in [0.2, 0.25) is 0 Å². The maximum atomic E-state index is 12.3. The van der Waals surface area contributed by atoms with Gasteiger partial charge in [0.1, 0.15) is 5.56 Å². The van der Waals surface area contributed by atoms with Crippen LogP contribution in [0.25, 0.3) is 22.6 Å². The molecule has 2 aromatic heterocycles. The molecule has 0 saturated carbocycles. The summed E-state index contributed by atoms with van der Waals surface area (Å²) in [6.45, 7) is 0. The fourth-order valence-electron chi connectivity index (χ4n) is 2.67. The second-order valence-electron chi connectivity index (χ2n) is 5.63. The van der Waals surface area contributed by atoms with E-state index in [4.69, 9.17) is 13.6 Å². The number of carbonyl (C=O) groups is 1. The van der Waals surface area contributed by atoms with Crippen molar-refractivity contribution in [1.29, 1.82) is 0 Å². The van der Waals surface area contributed by atoms with Crippen molar-refractivity contribution in [1.82, 2.24) is 10.2 Å². The van der Waals surface area contributed by atoms with Crippen LogP contribution in [-0.4, -0.2) is 28.1 Å². The standard InChI is InChI=1S/C18H12N4O6/c1-26-13-8-4-5-10-9-14(27-15(10)13)17-20-21-18(28-17)19-16(23)11-6-2-3-7-12(11)22(24)25/h2-9H,1H3,(H,19,21,23). The third kappa shape index (κ3) is 3.03. The molecule has 0 fully saturated rings. The number of nitrogens with zero attached hydrogens (tertiary/aromatic N) is 3. The SMILES string of the molecule is COc1cccc2cc(-c3nnc(NC(=O)c4ccccc4[N+](=O)[O-])o3)oc12. The molecule has 28 heavy (non-hydrogen) atoms. The fourth-order valence-corrected chi connectivity index (χ4v) is 2.67. The first-order valence-electron chi connectivity index (χ1n) is 8.02. The number of para-hydroxylation sites is 2. The fraction of sp³-hybridized carbons (Fsp3) is 0.0556. The zero-order chi connectivity index (χ0) is 19.7. The predicted octanol–water partition coefficient (Wildman–Crippen LogP) is 3.65. The van der Waals surface area contributed by atoms with Crippen molar-refractivity contribution in [3.63, 3.8) is 0 Å². The lowest BCUT2D eigenvalue weighted by Crippen LogP contribution is -2.14. The quantitative estimate of drug-likeness (QED) is 0.409. The molecule has 0 spiro atoms. The number of carbonyl (C=O) groups excluding carboxylic acids is 1. The Labute approximate surface area is 156 Å². The first-order valence-corrected chi connectivity index (χ1v) is 8.02. The van der Waals surface area contributed by atoms with E-state index in [0.717, 1.165) is 5.39 Å². The summed E-state index contributed by atoms with van der Waals surface area (Å²) >= 11 is 0. The summed E-state index contributed by atoms with van der Waals surface area (Å²) in [5.41, 5.74) is 0.0635. The molecule has 0 saturated heterocycles. The number of nitro groups is 1. The maximum absolute atomic E-state index is 12.3. The molecule has 4 aromatic rings. The molecule has 0 aliphatic rings. The van der Waals surface area contributed by atoms with Gasteiger partial charge in [-0.2, -0.15) is 0 Å². The van der Waals surface area contributed by atoms with Gasteiger partial charge >= 0.3 is 6.01 Å². The van der Waals surface area contributed by atoms with E-state index in [1.165, 1.54) is 31.4 Å². The highest BCUT2D eigenvalue weighted by atomic mass is 16.6. The Kier molecular flexibility index (Phi) is 4.20. The Morgan fingerprint density at radius 1 is 1.14 bits per heavy atom. The third-order valence-corrected chi connectivity index (χ3v) is 3.93. The van der Waals surface area contributed by atoms with Crippen LogP contribution in [0.4, 0.5) is 11.7 Å². The third-order valence-electron chi connectivity index (χ3n) is 3.93. The van der Waals surface area contributed by atoms with Crippen LogP contribution in [0, 0.1) is 10.1 Å². The monoisotopic (exact) mass is 380 g/mol. The van der Waals surface area contributed by atoms with Crippen molar-refractivity contribution in [3.05, 3.63) is 64.2 Å². The Morgan fingerprint density at radius 3 is 2.75 bits per heavy atom. The van der Waals surface area contributed by atoms with Gasteiger partial charge < -0.3 is 13.6 Å². The summed E-state index contributed by atoms with van der Waals surface area (Å²) in [6, 6.07) is 12.4. The van der Waals surface area contributed by atoms with Gasteiger partial charge in [-0.05, 0) is 18.2 Å². The largest absolute Gasteiger partial charge is 0.493 e. The Morgan fingerprint density at radius 2 is 1.96 bits per heavy atom. The number of anilines is 1. The molecule has 0 aliphatic heterocycles. The number of hydrogen-bond acceptors (Lipinski definition) is 8. The molecule has 1 amide bonds. The van der Waals surface area contributed by atoms with Gasteiger partial charge in [0.2, 0.25) is 0 Å². The molecule has 2 heterocycles. The maximum Gasteiger partial charge on any atom is 0.322 e. The number of hydrogen-bond donors (Lipinski definition) is 1. The summed E-state index contributed by atoms with van der Waals surface area (Å²) in [7, 11) is 1.53. The van der Waals surface area contributed by atoms with E-state index in [1.54, 1.807) is 12.1 Å². The lowest BCUT2D eigenvalue weighted by molar-refractivity contribution is -0.385. The van der Waals surface area contributed by atoms with Crippen LogP contribution in [0.3, 0.4) is 0 Å². The smallest absolute Gasteiger partial charge is 0.322 e. The number of methoxy groups -OCH3 is 1. The first kappa shape index (κ1) is 17.2. The number of rotatable bonds is 5. The van der Waals surface area contributed by atoms with Gasteiger partial charge in [0.05, 0.1) is 12.0 Å². The summed E-state index contributed by atoms with van der Waals surface area (Å²) in [4.78, 5) is 22.7. The van der Waals surface area contributed by atoms with E-state index in [9.17, 15) is 14.9 Å². The van der Waals surface area contributed by atoms with E-state index in [1.807, 2.05) is 12.1 Å². The van der Waals surface area contributed by atoms with E-state index in [0.29, 0.717) is 11.3 Å². The van der Waals surface area contributed by atoms with Gasteiger partial charge in [-0.3, -0.25) is 20.2 Å². The highest BCUT2D eigenvalue weighted by molar-refractivity contribution is 6.06. The predicted molar refractivity (Wildman–Crippen MR) is 97.1 cm³/mol. The molecule has 2 aromatic carbocycles. The van der Waals surface area contributed by atoms with Gasteiger partial charge in [-0.1, -0.05) is 29.4 Å². The number of benzene rings is 2. The molecule has 0 radical (unpaired) electrons. The van der Waals surface area contributed by atoms with E-state index < -0.39 is 10.8 Å². The van der Waals surface area contributed by atoms with E-state index in [2.05, 4.69) is 15.5 Å². The first-order chi connectivity index (χ1) is 13.6. The number of ether oxygens (including phenoxy) is 1. The van der Waals surface area contributed by atoms with Crippen molar-refractivity contribution in [2.45, 2.75) is 0 Å². The lowest BCUT2D eigenvalue weighted by atomic mass is 10.1. The Hall–Kier alpha value is -4.21. The summed E-state index contributed by atoms with van der Waals surface area (Å²) in [5.74, 6) is 0.135. The van der Waals surface area contributed by atoms with Crippen LogP contribution in [0.5, 0.6) is 5.75 Å². The van der Waals surface area contributed by atoms with Gasteiger partial charge in [0.25, 0.3) is 17.5 Å². The molecule has 0 aliphatic carbocycles. The number of furan rings is 1. The average Bonchev–Trinajstić information content (AvgIpc) is 3.34. The minimum atomic E-state index is -0.742. The summed E-state index contributed by atoms with van der Waals surface area (Å²) in [6.07, 6.45) is 0. The Balaban J connectivity index is 1.60. The molecule has 140 valence electrons. The molecule has 1 N–H and O–H groups in total. The van der Waals surface area contributed by atoms with Gasteiger partial charge in [-0.15, -0.1) is 5.10 Å². The highest BCUT2D eigenvalue weighted by Gasteiger charge is 2.22. The van der Waals surface area contributed by atoms with E-state index >= 15 is 0 Å². The highest BCUT2D eigenvalue weighted by Crippen LogP contribution is 2.33. The number of nitrogens with one attached hydrogen (secondary N) is 1. The van der Waals surface area contributed by atoms with Crippen molar-refractivity contribution >= 4 is 28.6 Å². The van der Waals surface area contributed by atoms with Gasteiger partial charge in [0.15, 0.2) is 17.1 Å². The summed E-state index contributed by atoms with van der Waals surface area (Å²) < 4.78 is 16.4. The molecule has 0 unspecified atom stereocenters. The van der Waals surface area contributed by atoms with Gasteiger partial charge in [-0.25, -0.2) is 0 Å². The van der Waals surface area contributed by atoms with Crippen LogP contribution in [0.15, 0.2) is 57.4 Å². The second-order valence-corrected chi connectivity index (χ2v) is 5.63. The van der Waals surface area contributed by atoms with Crippen molar-refractivity contribution in [2.75, 3.05) is 12.4 Å². The molecule has 10 heteroatoms. The van der Waals surface area contributed by atoms with Gasteiger partial charge in [0, 0.05) is 11.5 Å². The Bertz CT molecular complexity index is 1200. The van der Waals surface area contributed by atoms with Crippen molar-refractivity contribution < 1.29 is 23.3 Å². The molecule has 10 nitrogen and oxygen atoms in total. The number of fused-ring (bicyclic) bond motifs is 1. The normalized spacial score (nSPS) is 10.8. The zero-order valence-corrected chi connectivity index (χ0v) is 14.4. The van der Waals surface area contributed by atoms with Crippen LogP contribution < -0.4 is 10.1 Å². The van der Waals surface area contributed by atoms with Crippen LogP contribution >= 0.6 is 0 Å². The topological polar surface area (TPSA) is 134 Å².